The highest BCUT2D eigenvalue weighted by Crippen LogP contribution is 2.60. The lowest BCUT2D eigenvalue weighted by atomic mass is 9.48. The molecule has 8 heteroatoms. The number of likely N-dealkylation sites (tertiary alicyclic amines) is 1. The molecule has 5 fully saturated rings. The van der Waals surface area contributed by atoms with Crippen LogP contribution in [0, 0.1) is 29.1 Å². The molecule has 0 unspecified atom stereocenters. The highest BCUT2D eigenvalue weighted by molar-refractivity contribution is 5.81. The number of nitrogens with two attached hydrogens (primary N) is 1. The van der Waals surface area contributed by atoms with Gasteiger partial charge in [-0.1, -0.05) is 0 Å². The average Bonchev–Trinajstić information content (AvgIpc) is 2.54. The van der Waals surface area contributed by atoms with Gasteiger partial charge in [-0.05, 0) is 70.6 Å². The molecule has 8 nitrogen and oxygen atoms in total. The molecular weight excluding hydrogens is 374 g/mol. The molecule has 5 rings (SSSR count). The highest BCUT2D eigenvalue weighted by atomic mass is 16.6. The molecule has 1 heterocycles. The Kier molecular flexibility index (Phi) is 4.94. The van der Waals surface area contributed by atoms with Crippen LogP contribution in [0.5, 0.6) is 0 Å². The molecule has 0 aromatic carbocycles. The molecule has 2 atom stereocenters. The fourth-order valence-corrected chi connectivity index (χ4v) is 6.05. The Labute approximate surface area is 171 Å². The molecule has 3 amide bonds. The van der Waals surface area contributed by atoms with Crippen LogP contribution in [-0.2, 0) is 14.3 Å². The number of hydrogen-bond acceptors (Lipinski definition) is 5. The maximum atomic E-state index is 12.6. The predicted molar refractivity (Wildman–Crippen MR) is 105 cm³/mol. The van der Waals surface area contributed by atoms with Crippen molar-refractivity contribution in [2.45, 2.75) is 64.6 Å². The number of rotatable bonds is 4. The molecule has 0 spiro atoms. The second kappa shape index (κ2) is 7.06. The third kappa shape index (κ3) is 4.03. The summed E-state index contributed by atoms with van der Waals surface area (Å²) in [6.45, 7) is 7.10. The van der Waals surface area contributed by atoms with Crippen LogP contribution in [0.2, 0.25) is 0 Å². The van der Waals surface area contributed by atoms with Crippen molar-refractivity contribution < 1.29 is 23.9 Å². The van der Waals surface area contributed by atoms with E-state index in [1.807, 2.05) is 20.8 Å². The third-order valence-corrected chi connectivity index (χ3v) is 7.10. The Morgan fingerprint density at radius 2 is 1.72 bits per heavy atom. The molecule has 0 aromatic heterocycles. The van der Waals surface area contributed by atoms with Crippen molar-refractivity contribution in [1.29, 1.82) is 0 Å². The van der Waals surface area contributed by atoms with Crippen molar-refractivity contribution in [2.75, 3.05) is 19.6 Å². The largest absolute Gasteiger partial charge is 0.446 e. The summed E-state index contributed by atoms with van der Waals surface area (Å²) in [5.74, 6) is 1.09. The Balaban J connectivity index is 1.23. The van der Waals surface area contributed by atoms with Gasteiger partial charge in [0.2, 0.25) is 5.91 Å². The van der Waals surface area contributed by atoms with Gasteiger partial charge in [0.05, 0.1) is 5.41 Å². The minimum absolute atomic E-state index is 0.0922. The number of hydrogen-bond donors (Lipinski definition) is 2. The smallest absolute Gasteiger partial charge is 0.410 e. The number of carbonyl (C=O) groups is 3. The van der Waals surface area contributed by atoms with Crippen LogP contribution in [-0.4, -0.2) is 54.3 Å². The second-order valence-corrected chi connectivity index (χ2v) is 10.6. The van der Waals surface area contributed by atoms with Crippen molar-refractivity contribution in [3.8, 4) is 0 Å². The summed E-state index contributed by atoms with van der Waals surface area (Å²) in [5.41, 5.74) is 4.83. The molecule has 4 bridgehead atoms. The topological polar surface area (TPSA) is 111 Å². The molecule has 29 heavy (non-hydrogen) atoms. The van der Waals surface area contributed by atoms with Crippen LogP contribution in [0.25, 0.3) is 0 Å². The van der Waals surface area contributed by atoms with Crippen molar-refractivity contribution in [2.24, 2.45) is 34.8 Å². The molecule has 4 aliphatic carbocycles. The number of alkyl carbamates (subject to hydrolysis) is 1. The Bertz CT molecular complexity index is 681. The SMILES string of the molecule is CC(C)(C)OC(=O)NCC1CN(C(=O)OC2[C@@H]3CC4C[C@@H]2CC(C(N)=O)(C4)C3)C1. The quantitative estimate of drug-likeness (QED) is 0.743. The summed E-state index contributed by atoms with van der Waals surface area (Å²) < 4.78 is 11.1. The van der Waals surface area contributed by atoms with E-state index in [1.54, 1.807) is 4.90 Å². The van der Waals surface area contributed by atoms with Gasteiger partial charge in [-0.2, -0.15) is 0 Å². The number of primary amides is 1. The zero-order valence-corrected chi connectivity index (χ0v) is 17.6. The second-order valence-electron chi connectivity index (χ2n) is 10.6. The molecule has 4 saturated carbocycles. The first-order valence-electron chi connectivity index (χ1n) is 10.8. The van der Waals surface area contributed by atoms with Gasteiger partial charge < -0.3 is 25.4 Å². The predicted octanol–water partition coefficient (Wildman–Crippen LogP) is 2.26. The van der Waals surface area contributed by atoms with E-state index in [0.717, 1.165) is 32.1 Å². The number of ether oxygens (including phenoxy) is 2. The minimum Gasteiger partial charge on any atom is -0.446 e. The fourth-order valence-electron chi connectivity index (χ4n) is 6.05. The number of nitrogens with zero attached hydrogens (tertiary/aromatic N) is 1. The van der Waals surface area contributed by atoms with Crippen molar-refractivity contribution >= 4 is 18.1 Å². The lowest BCUT2D eigenvalue weighted by molar-refractivity contribution is -0.162. The Hall–Kier alpha value is -1.99. The van der Waals surface area contributed by atoms with Gasteiger partial charge in [-0.3, -0.25) is 4.79 Å². The van der Waals surface area contributed by atoms with Crippen LogP contribution in [0.15, 0.2) is 0 Å². The molecule has 5 aliphatic rings. The molecule has 1 saturated heterocycles. The standard InChI is InChI=1S/C21H33N3O5/c1-20(2,3)29-18(26)23-9-13-10-24(11-13)19(27)28-16-14-4-12-5-15(16)8-21(6-12,7-14)17(22)25/h12-16H,4-11H2,1-3H3,(H2,22,25)(H,23,26)/t12?,14-,15-,16?,21?/m1/s1. The van der Waals surface area contributed by atoms with Crippen molar-refractivity contribution in [1.82, 2.24) is 10.2 Å². The van der Waals surface area contributed by atoms with Crippen LogP contribution in [0.1, 0.15) is 52.9 Å². The first-order valence-corrected chi connectivity index (χ1v) is 10.8. The Morgan fingerprint density at radius 1 is 1.10 bits per heavy atom. The first-order chi connectivity index (χ1) is 13.5. The van der Waals surface area contributed by atoms with E-state index in [-0.39, 0.29) is 41.3 Å². The van der Waals surface area contributed by atoms with Gasteiger partial charge >= 0.3 is 12.2 Å². The van der Waals surface area contributed by atoms with Crippen molar-refractivity contribution in [3.63, 3.8) is 0 Å². The Morgan fingerprint density at radius 3 is 2.28 bits per heavy atom. The number of carbonyl (C=O) groups excluding carboxylic acids is 3. The van der Waals surface area contributed by atoms with Gasteiger partial charge in [0.25, 0.3) is 0 Å². The summed E-state index contributed by atoms with van der Waals surface area (Å²) in [6, 6.07) is 0. The van der Waals surface area contributed by atoms with Crippen LogP contribution >= 0.6 is 0 Å². The third-order valence-electron chi connectivity index (χ3n) is 7.10. The van der Waals surface area contributed by atoms with Gasteiger partial charge in [-0.15, -0.1) is 0 Å². The van der Waals surface area contributed by atoms with E-state index in [9.17, 15) is 14.4 Å². The highest BCUT2D eigenvalue weighted by Gasteiger charge is 2.59. The maximum absolute atomic E-state index is 12.6. The van der Waals surface area contributed by atoms with Gasteiger partial charge in [0.15, 0.2) is 0 Å². The average molecular weight is 408 g/mol. The van der Waals surface area contributed by atoms with E-state index >= 15 is 0 Å². The molecule has 0 radical (unpaired) electrons. The molecule has 3 N–H and O–H groups in total. The van der Waals surface area contributed by atoms with Gasteiger partial charge in [0.1, 0.15) is 11.7 Å². The van der Waals surface area contributed by atoms with E-state index in [4.69, 9.17) is 15.2 Å². The lowest BCUT2D eigenvalue weighted by Crippen LogP contribution is -2.60. The van der Waals surface area contributed by atoms with E-state index in [0.29, 0.717) is 25.6 Å². The van der Waals surface area contributed by atoms with Gasteiger partial charge in [-0.25, -0.2) is 9.59 Å². The summed E-state index contributed by atoms with van der Waals surface area (Å²) in [6.07, 6.45) is 3.70. The maximum Gasteiger partial charge on any atom is 0.410 e. The van der Waals surface area contributed by atoms with E-state index in [1.165, 1.54) is 0 Å². The molecule has 1 aliphatic heterocycles. The summed E-state index contributed by atoms with van der Waals surface area (Å²) in [4.78, 5) is 38.1. The normalized spacial score (nSPS) is 35.8. The number of nitrogens with one attached hydrogen (secondary N) is 1. The summed E-state index contributed by atoms with van der Waals surface area (Å²) >= 11 is 0. The van der Waals surface area contributed by atoms with E-state index in [2.05, 4.69) is 5.32 Å². The first kappa shape index (κ1) is 20.3. The number of amides is 3. The van der Waals surface area contributed by atoms with Crippen LogP contribution < -0.4 is 11.1 Å². The molecular formula is C21H33N3O5. The van der Waals surface area contributed by atoms with Gasteiger partial charge in [0, 0.05) is 25.6 Å². The molecule has 0 aromatic rings. The summed E-state index contributed by atoms with van der Waals surface area (Å²) in [7, 11) is 0. The summed E-state index contributed by atoms with van der Waals surface area (Å²) in [5, 5.41) is 2.76. The van der Waals surface area contributed by atoms with E-state index < -0.39 is 11.7 Å². The van der Waals surface area contributed by atoms with Crippen LogP contribution in [0.3, 0.4) is 0 Å². The fraction of sp³-hybridized carbons (Fsp3) is 0.857. The zero-order chi connectivity index (χ0) is 21.0. The monoisotopic (exact) mass is 407 g/mol. The minimum atomic E-state index is -0.523. The zero-order valence-electron chi connectivity index (χ0n) is 17.6. The lowest BCUT2D eigenvalue weighted by Gasteiger charge is -2.58. The van der Waals surface area contributed by atoms with Crippen molar-refractivity contribution in [3.05, 3.63) is 0 Å². The molecule has 162 valence electrons. The van der Waals surface area contributed by atoms with Crippen LogP contribution in [0.4, 0.5) is 9.59 Å².